The Morgan fingerprint density at radius 3 is 2.97 bits per heavy atom. The van der Waals surface area contributed by atoms with Crippen LogP contribution in [0.5, 0.6) is 0 Å². The zero-order valence-electron chi connectivity index (χ0n) is 18.1. The molecular weight excluding hydrogens is 400 g/mol. The number of hydrogen-bond donors (Lipinski definition) is 2. The lowest BCUT2D eigenvalue weighted by atomic mass is 9.99. The Morgan fingerprint density at radius 1 is 1.37 bits per heavy atom. The van der Waals surface area contributed by atoms with E-state index in [1.54, 1.807) is 0 Å². The Hall–Kier alpha value is -1.57. The molecule has 1 heterocycles. The number of amides is 1. The minimum Gasteiger partial charge on any atom is -0.465 e. The summed E-state index contributed by atoms with van der Waals surface area (Å²) in [7, 11) is 0. The average Bonchev–Trinajstić information content (AvgIpc) is 3.07. The van der Waals surface area contributed by atoms with Crippen LogP contribution >= 0.6 is 11.8 Å². The molecule has 0 unspecified atom stereocenters. The fourth-order valence-corrected chi connectivity index (χ4v) is 4.75. The van der Waals surface area contributed by atoms with E-state index in [-0.39, 0.29) is 30.6 Å². The van der Waals surface area contributed by atoms with E-state index >= 15 is 0 Å². The van der Waals surface area contributed by atoms with E-state index in [0.717, 1.165) is 55.7 Å². The first-order valence-corrected chi connectivity index (χ1v) is 12.1. The first-order valence-electron chi connectivity index (χ1n) is 11.0. The number of esters is 1. The van der Waals surface area contributed by atoms with Gasteiger partial charge in [0, 0.05) is 24.8 Å². The van der Waals surface area contributed by atoms with Crippen LogP contribution in [0.25, 0.3) is 0 Å². The van der Waals surface area contributed by atoms with Crippen molar-refractivity contribution in [2.75, 3.05) is 31.2 Å². The standard InChI is InChI=1S/C23H36N2O4S/c1-18-5-4-6-19(15-18)16-21(26)9-7-20-8-10-22(27)25(20)11-14-30-13-3-2-12-29-23(28)17-24/h4-6,15,20-21,26H,2-3,7-14,16-17,24H2,1H3/t20-,21+/m0/s1. The molecule has 0 saturated carbocycles. The van der Waals surface area contributed by atoms with Gasteiger partial charge in [-0.3, -0.25) is 9.59 Å². The van der Waals surface area contributed by atoms with Gasteiger partial charge in [-0.25, -0.2) is 0 Å². The maximum Gasteiger partial charge on any atom is 0.319 e. The Bertz CT molecular complexity index is 670. The largest absolute Gasteiger partial charge is 0.465 e. The van der Waals surface area contributed by atoms with Gasteiger partial charge in [-0.05, 0) is 56.8 Å². The maximum absolute atomic E-state index is 12.3. The van der Waals surface area contributed by atoms with E-state index in [1.165, 1.54) is 5.56 Å². The van der Waals surface area contributed by atoms with Crippen LogP contribution in [0, 0.1) is 6.92 Å². The van der Waals surface area contributed by atoms with E-state index in [4.69, 9.17) is 10.5 Å². The van der Waals surface area contributed by atoms with Crippen LogP contribution < -0.4 is 5.73 Å². The maximum atomic E-state index is 12.3. The smallest absolute Gasteiger partial charge is 0.319 e. The van der Waals surface area contributed by atoms with E-state index < -0.39 is 0 Å². The molecule has 7 heteroatoms. The highest BCUT2D eigenvalue weighted by Crippen LogP contribution is 2.24. The van der Waals surface area contributed by atoms with Crippen molar-refractivity contribution in [2.45, 2.75) is 64.0 Å². The number of aliphatic hydroxyl groups excluding tert-OH is 1. The van der Waals surface area contributed by atoms with Gasteiger partial charge in [-0.1, -0.05) is 29.8 Å². The van der Waals surface area contributed by atoms with Crippen molar-refractivity contribution in [3.8, 4) is 0 Å². The molecule has 0 aliphatic carbocycles. The minimum atomic E-state index is -0.368. The number of rotatable bonds is 14. The number of aliphatic hydroxyl groups is 1. The molecule has 1 amide bonds. The predicted molar refractivity (Wildman–Crippen MR) is 121 cm³/mol. The average molecular weight is 437 g/mol. The van der Waals surface area contributed by atoms with Crippen LogP contribution in [0.2, 0.25) is 0 Å². The van der Waals surface area contributed by atoms with Crippen LogP contribution in [0.1, 0.15) is 49.7 Å². The first-order chi connectivity index (χ1) is 14.5. The second-order valence-electron chi connectivity index (χ2n) is 7.95. The van der Waals surface area contributed by atoms with Gasteiger partial charge in [-0.15, -0.1) is 0 Å². The number of hydrogen-bond acceptors (Lipinski definition) is 6. The van der Waals surface area contributed by atoms with Crippen molar-refractivity contribution in [3.05, 3.63) is 35.4 Å². The molecule has 1 aromatic rings. The number of likely N-dealkylation sites (tertiary alicyclic amines) is 1. The van der Waals surface area contributed by atoms with Gasteiger partial charge >= 0.3 is 5.97 Å². The minimum absolute atomic E-state index is 0.0667. The van der Waals surface area contributed by atoms with Gasteiger partial charge in [0.25, 0.3) is 0 Å². The first kappa shape index (κ1) is 24.7. The van der Waals surface area contributed by atoms with Crippen molar-refractivity contribution in [1.29, 1.82) is 0 Å². The Kier molecular flexibility index (Phi) is 11.3. The van der Waals surface area contributed by atoms with E-state index in [9.17, 15) is 14.7 Å². The van der Waals surface area contributed by atoms with Crippen LogP contribution in [0.15, 0.2) is 24.3 Å². The van der Waals surface area contributed by atoms with Gasteiger partial charge in [0.1, 0.15) is 0 Å². The Balaban J connectivity index is 1.61. The molecule has 0 radical (unpaired) electrons. The highest BCUT2D eigenvalue weighted by atomic mass is 32.2. The molecule has 6 nitrogen and oxygen atoms in total. The number of nitrogens with two attached hydrogens (primary N) is 1. The molecule has 1 aliphatic heterocycles. The van der Waals surface area contributed by atoms with Gasteiger partial charge in [0.05, 0.1) is 19.3 Å². The fraction of sp³-hybridized carbons (Fsp3) is 0.652. The monoisotopic (exact) mass is 436 g/mol. The van der Waals surface area contributed by atoms with E-state index in [2.05, 4.69) is 25.1 Å². The van der Waals surface area contributed by atoms with Crippen molar-refractivity contribution >= 4 is 23.6 Å². The summed E-state index contributed by atoms with van der Waals surface area (Å²) >= 11 is 1.83. The van der Waals surface area contributed by atoms with Gasteiger partial charge < -0.3 is 20.5 Å². The molecule has 0 bridgehead atoms. The molecule has 1 fully saturated rings. The van der Waals surface area contributed by atoms with Crippen molar-refractivity contribution in [2.24, 2.45) is 5.73 Å². The molecule has 1 saturated heterocycles. The highest BCUT2D eigenvalue weighted by Gasteiger charge is 2.30. The lowest BCUT2D eigenvalue weighted by Gasteiger charge is -2.25. The SMILES string of the molecule is Cc1cccc(C[C@H](O)CC[C@H]2CCC(=O)N2CCSCCCCOC(=O)CN)c1. The molecule has 168 valence electrons. The Morgan fingerprint density at radius 2 is 2.20 bits per heavy atom. The summed E-state index contributed by atoms with van der Waals surface area (Å²) in [6.45, 7) is 3.19. The third kappa shape index (κ3) is 9.06. The molecule has 1 aromatic carbocycles. The van der Waals surface area contributed by atoms with E-state index in [0.29, 0.717) is 19.4 Å². The normalized spacial score (nSPS) is 17.4. The molecule has 3 N–H and O–H groups in total. The third-order valence-corrected chi connectivity index (χ3v) is 6.48. The summed E-state index contributed by atoms with van der Waals surface area (Å²) in [5, 5.41) is 10.4. The van der Waals surface area contributed by atoms with Crippen LogP contribution in [-0.4, -0.2) is 65.2 Å². The number of nitrogens with zero attached hydrogens (tertiary/aromatic N) is 1. The van der Waals surface area contributed by atoms with Gasteiger partial charge in [0.15, 0.2) is 0 Å². The zero-order chi connectivity index (χ0) is 21.8. The molecule has 30 heavy (non-hydrogen) atoms. The zero-order valence-corrected chi connectivity index (χ0v) is 18.9. The van der Waals surface area contributed by atoms with Crippen molar-refractivity contribution in [1.82, 2.24) is 4.90 Å². The number of thioether (sulfide) groups is 1. The number of aryl methyl sites for hydroxylation is 1. The van der Waals surface area contributed by atoms with Gasteiger partial charge in [0.2, 0.25) is 5.91 Å². The molecule has 0 spiro atoms. The topological polar surface area (TPSA) is 92.9 Å². The number of carbonyl (C=O) groups is 2. The number of benzene rings is 1. The summed E-state index contributed by atoms with van der Waals surface area (Å²) in [6, 6.07) is 8.52. The Labute approximate surface area is 184 Å². The second kappa shape index (κ2) is 13.7. The summed E-state index contributed by atoms with van der Waals surface area (Å²) in [6.07, 6.45) is 5.20. The quantitative estimate of drug-likeness (QED) is 0.344. The summed E-state index contributed by atoms with van der Waals surface area (Å²) in [4.78, 5) is 25.2. The molecule has 2 atom stereocenters. The summed E-state index contributed by atoms with van der Waals surface area (Å²) in [5.74, 6) is 1.78. The van der Waals surface area contributed by atoms with Crippen LogP contribution in [-0.2, 0) is 20.7 Å². The van der Waals surface area contributed by atoms with E-state index in [1.807, 2.05) is 22.7 Å². The number of carbonyl (C=O) groups excluding carboxylic acids is 2. The van der Waals surface area contributed by atoms with Crippen LogP contribution in [0.3, 0.4) is 0 Å². The highest BCUT2D eigenvalue weighted by molar-refractivity contribution is 7.99. The molecule has 0 aromatic heterocycles. The third-order valence-electron chi connectivity index (χ3n) is 5.43. The summed E-state index contributed by atoms with van der Waals surface area (Å²) < 4.78 is 4.95. The van der Waals surface area contributed by atoms with Gasteiger partial charge in [-0.2, -0.15) is 11.8 Å². The van der Waals surface area contributed by atoms with Crippen molar-refractivity contribution < 1.29 is 19.4 Å². The lowest BCUT2D eigenvalue weighted by Crippen LogP contribution is -2.35. The predicted octanol–water partition coefficient (Wildman–Crippen LogP) is 2.68. The number of unbranched alkanes of at least 4 members (excludes halogenated alkanes) is 1. The molecule has 1 aliphatic rings. The summed E-state index contributed by atoms with van der Waals surface area (Å²) in [5.41, 5.74) is 7.56. The fourth-order valence-electron chi connectivity index (χ4n) is 3.81. The van der Waals surface area contributed by atoms with Crippen molar-refractivity contribution in [3.63, 3.8) is 0 Å². The second-order valence-corrected chi connectivity index (χ2v) is 9.17. The molecular formula is C23H36N2O4S. The molecule has 2 rings (SSSR count). The number of ether oxygens (including phenoxy) is 1. The van der Waals surface area contributed by atoms with Crippen LogP contribution in [0.4, 0.5) is 0 Å². The lowest BCUT2D eigenvalue weighted by molar-refractivity contribution is -0.142.